The monoisotopic (exact) mass is 295 g/mol. The fourth-order valence-electron chi connectivity index (χ4n) is 1.95. The van der Waals surface area contributed by atoms with Crippen LogP contribution in [0.5, 0.6) is 5.75 Å². The van der Waals surface area contributed by atoms with Gasteiger partial charge in [-0.25, -0.2) is 4.39 Å². The number of ether oxygens (including phenoxy) is 1. The van der Waals surface area contributed by atoms with Crippen LogP contribution in [0.25, 0.3) is 11.0 Å². The zero-order chi connectivity index (χ0) is 13.4. The van der Waals surface area contributed by atoms with Crippen LogP contribution in [-0.2, 0) is 6.54 Å². The lowest BCUT2D eigenvalue weighted by Gasteiger charge is -2.05. The second-order valence-electron chi connectivity index (χ2n) is 3.99. The molecule has 0 atom stereocenters. The number of hydrogen-bond donors (Lipinski definition) is 1. The van der Waals surface area contributed by atoms with E-state index in [0.717, 1.165) is 10.4 Å². The summed E-state index contributed by atoms with van der Waals surface area (Å²) >= 11 is 6.83. The van der Waals surface area contributed by atoms with Crippen molar-refractivity contribution >= 4 is 34.6 Å². The van der Waals surface area contributed by atoms with Crippen molar-refractivity contribution in [2.24, 2.45) is 0 Å². The second-order valence-corrected chi connectivity index (χ2v) is 5.35. The van der Waals surface area contributed by atoms with Crippen molar-refractivity contribution in [3.05, 3.63) is 39.3 Å². The zero-order valence-corrected chi connectivity index (χ0v) is 11.6. The largest absolute Gasteiger partial charge is 0.494 e. The van der Waals surface area contributed by atoms with Gasteiger partial charge in [-0.2, -0.15) is 0 Å². The van der Waals surface area contributed by atoms with Crippen molar-refractivity contribution in [3.63, 3.8) is 0 Å². The van der Waals surface area contributed by atoms with Crippen molar-refractivity contribution in [1.82, 2.24) is 14.5 Å². The van der Waals surface area contributed by atoms with Crippen molar-refractivity contribution in [3.8, 4) is 5.75 Å². The van der Waals surface area contributed by atoms with Crippen molar-refractivity contribution < 1.29 is 9.13 Å². The second kappa shape index (κ2) is 4.75. The first kappa shape index (κ1) is 12.3. The first-order valence-electron chi connectivity index (χ1n) is 5.52. The van der Waals surface area contributed by atoms with Crippen LogP contribution in [0.3, 0.4) is 0 Å². The van der Waals surface area contributed by atoms with E-state index in [4.69, 9.17) is 17.0 Å². The van der Waals surface area contributed by atoms with Crippen LogP contribution in [0.1, 0.15) is 4.88 Å². The molecule has 3 rings (SSSR count). The summed E-state index contributed by atoms with van der Waals surface area (Å²) in [5, 5.41) is 0. The molecule has 0 saturated heterocycles. The van der Waals surface area contributed by atoms with E-state index < -0.39 is 5.82 Å². The van der Waals surface area contributed by atoms with Crippen molar-refractivity contribution in [1.29, 1.82) is 0 Å². The molecular formula is C12H10FN3OS2. The molecular weight excluding hydrogens is 285 g/mol. The van der Waals surface area contributed by atoms with Gasteiger partial charge in [0.05, 0.1) is 30.2 Å². The summed E-state index contributed by atoms with van der Waals surface area (Å²) in [6.07, 6.45) is 1.80. The SMILES string of the molecule is COc1cc2c(cc1F)[nH]c(=S)n2Cc1cncs1. The summed E-state index contributed by atoms with van der Waals surface area (Å²) < 4.78 is 21.1. The molecule has 3 aromatic rings. The van der Waals surface area contributed by atoms with Gasteiger partial charge in [-0.3, -0.25) is 4.98 Å². The number of aromatic amines is 1. The first-order chi connectivity index (χ1) is 9.19. The molecule has 2 heterocycles. The lowest BCUT2D eigenvalue weighted by Crippen LogP contribution is -1.98. The van der Waals surface area contributed by atoms with Crippen LogP contribution in [0, 0.1) is 10.6 Å². The minimum Gasteiger partial charge on any atom is -0.494 e. The minimum atomic E-state index is -0.406. The van der Waals surface area contributed by atoms with Gasteiger partial charge < -0.3 is 14.3 Å². The predicted octanol–water partition coefficient (Wildman–Crippen LogP) is 3.35. The van der Waals surface area contributed by atoms with E-state index in [1.54, 1.807) is 29.1 Å². The van der Waals surface area contributed by atoms with Gasteiger partial charge in [0.1, 0.15) is 0 Å². The molecule has 2 aromatic heterocycles. The lowest BCUT2D eigenvalue weighted by molar-refractivity contribution is 0.387. The number of halogens is 1. The Bertz CT molecular complexity index is 776. The molecule has 19 heavy (non-hydrogen) atoms. The molecule has 0 saturated carbocycles. The summed E-state index contributed by atoms with van der Waals surface area (Å²) in [7, 11) is 1.44. The molecule has 0 spiro atoms. The third-order valence-electron chi connectivity index (χ3n) is 2.85. The maximum Gasteiger partial charge on any atom is 0.178 e. The summed E-state index contributed by atoms with van der Waals surface area (Å²) in [4.78, 5) is 8.12. The van der Waals surface area contributed by atoms with Crippen LogP contribution in [0.15, 0.2) is 23.8 Å². The predicted molar refractivity (Wildman–Crippen MR) is 74.8 cm³/mol. The molecule has 98 valence electrons. The van der Waals surface area contributed by atoms with Gasteiger partial charge >= 0.3 is 0 Å². The van der Waals surface area contributed by atoms with Gasteiger partial charge in [0.15, 0.2) is 16.3 Å². The molecule has 0 bridgehead atoms. The Balaban J connectivity index is 2.18. The summed E-state index contributed by atoms with van der Waals surface area (Å²) in [6.45, 7) is 0.609. The Kier molecular flexibility index (Phi) is 3.08. The minimum absolute atomic E-state index is 0.208. The molecule has 4 nitrogen and oxygen atoms in total. The number of nitrogens with one attached hydrogen (secondary N) is 1. The number of hydrogen-bond acceptors (Lipinski definition) is 4. The Morgan fingerprint density at radius 1 is 1.53 bits per heavy atom. The third-order valence-corrected chi connectivity index (χ3v) is 3.93. The molecule has 0 aliphatic heterocycles. The van der Waals surface area contributed by atoms with Crippen LogP contribution >= 0.6 is 23.6 Å². The van der Waals surface area contributed by atoms with Gasteiger partial charge in [0.2, 0.25) is 0 Å². The number of methoxy groups -OCH3 is 1. The fraction of sp³-hybridized carbons (Fsp3) is 0.167. The van der Waals surface area contributed by atoms with E-state index in [0.29, 0.717) is 16.8 Å². The van der Waals surface area contributed by atoms with Crippen molar-refractivity contribution in [2.75, 3.05) is 7.11 Å². The van der Waals surface area contributed by atoms with Gasteiger partial charge in [0, 0.05) is 23.2 Å². The van der Waals surface area contributed by atoms with Crippen molar-refractivity contribution in [2.45, 2.75) is 6.54 Å². The zero-order valence-electron chi connectivity index (χ0n) is 10.0. The molecule has 0 unspecified atom stereocenters. The average molecular weight is 295 g/mol. The molecule has 0 amide bonds. The Morgan fingerprint density at radius 2 is 2.37 bits per heavy atom. The lowest BCUT2D eigenvalue weighted by atomic mass is 10.3. The first-order valence-corrected chi connectivity index (χ1v) is 6.81. The average Bonchev–Trinajstić information content (AvgIpc) is 2.98. The number of aromatic nitrogens is 3. The van der Waals surface area contributed by atoms with E-state index in [1.807, 2.05) is 4.57 Å². The topological polar surface area (TPSA) is 42.8 Å². The smallest absolute Gasteiger partial charge is 0.178 e. The number of rotatable bonds is 3. The standard InChI is InChI=1S/C12H10FN3OS2/c1-17-11-3-10-9(2-8(11)13)15-12(18)16(10)5-7-4-14-6-19-7/h2-4,6H,5H2,1H3,(H,15,18). The summed E-state index contributed by atoms with van der Waals surface area (Å²) in [6, 6.07) is 3.05. The fourth-order valence-corrected chi connectivity index (χ4v) is 2.80. The maximum atomic E-state index is 13.6. The molecule has 1 N–H and O–H groups in total. The number of nitrogens with zero attached hydrogens (tertiary/aromatic N) is 2. The highest BCUT2D eigenvalue weighted by molar-refractivity contribution is 7.71. The van der Waals surface area contributed by atoms with Crippen LogP contribution < -0.4 is 4.74 Å². The third kappa shape index (κ3) is 2.15. The van der Waals surface area contributed by atoms with Crippen LogP contribution in [0.2, 0.25) is 0 Å². The van der Waals surface area contributed by atoms with E-state index in [2.05, 4.69) is 9.97 Å². The van der Waals surface area contributed by atoms with E-state index in [1.165, 1.54) is 13.2 Å². The molecule has 7 heteroatoms. The quantitative estimate of drug-likeness (QED) is 0.754. The summed E-state index contributed by atoms with van der Waals surface area (Å²) in [5.41, 5.74) is 3.25. The number of H-pyrrole nitrogens is 1. The van der Waals surface area contributed by atoms with Gasteiger partial charge in [-0.15, -0.1) is 11.3 Å². The van der Waals surface area contributed by atoms with Crippen LogP contribution in [-0.4, -0.2) is 21.6 Å². The van der Waals surface area contributed by atoms with Gasteiger partial charge in [0.25, 0.3) is 0 Å². The van der Waals surface area contributed by atoms with Crippen LogP contribution in [0.4, 0.5) is 4.39 Å². The van der Waals surface area contributed by atoms with E-state index >= 15 is 0 Å². The van der Waals surface area contributed by atoms with E-state index in [9.17, 15) is 4.39 Å². The highest BCUT2D eigenvalue weighted by Crippen LogP contribution is 2.25. The number of imidazole rings is 1. The number of fused-ring (bicyclic) bond motifs is 1. The summed E-state index contributed by atoms with van der Waals surface area (Å²) in [5.74, 6) is -0.198. The Labute approximate surface area is 117 Å². The molecule has 0 fully saturated rings. The highest BCUT2D eigenvalue weighted by Gasteiger charge is 2.11. The van der Waals surface area contributed by atoms with Gasteiger partial charge in [-0.1, -0.05) is 0 Å². The maximum absolute atomic E-state index is 13.6. The normalized spacial score (nSPS) is 11.1. The molecule has 0 aliphatic rings. The molecule has 0 radical (unpaired) electrons. The Hall–Kier alpha value is -1.73. The van der Waals surface area contributed by atoms with E-state index in [-0.39, 0.29) is 5.75 Å². The number of thiazole rings is 1. The number of benzene rings is 1. The Morgan fingerprint density at radius 3 is 3.05 bits per heavy atom. The highest BCUT2D eigenvalue weighted by atomic mass is 32.1. The molecule has 1 aromatic carbocycles. The molecule has 0 aliphatic carbocycles. The van der Waals surface area contributed by atoms with Gasteiger partial charge in [-0.05, 0) is 12.2 Å².